The van der Waals surface area contributed by atoms with Crippen LogP contribution in [-0.4, -0.2) is 19.8 Å². The largest absolute Gasteiger partial charge is 0.466 e. The van der Waals surface area contributed by atoms with Gasteiger partial charge in [0.05, 0.1) is 17.3 Å². The molecular weight excluding hydrogens is 316 g/mol. The Bertz CT molecular complexity index is 992. The molecule has 0 saturated heterocycles. The highest BCUT2D eigenvalue weighted by Gasteiger charge is 2.45. The number of hydrogen-bond acceptors (Lipinski definition) is 4. The van der Waals surface area contributed by atoms with E-state index in [2.05, 4.69) is 4.98 Å². The van der Waals surface area contributed by atoms with E-state index < -0.39 is 11.7 Å². The molecule has 5 nitrogen and oxygen atoms in total. The van der Waals surface area contributed by atoms with Crippen LogP contribution in [0.25, 0.3) is 11.0 Å². The van der Waals surface area contributed by atoms with Gasteiger partial charge in [-0.05, 0) is 29.8 Å². The number of para-hydroxylation sites is 2. The van der Waals surface area contributed by atoms with Crippen molar-refractivity contribution in [1.29, 1.82) is 0 Å². The average Bonchev–Trinajstić information content (AvgIpc) is 3.30. The van der Waals surface area contributed by atoms with Crippen LogP contribution in [0.4, 0.5) is 0 Å². The number of fused-ring (bicyclic) bond motifs is 1. The van der Waals surface area contributed by atoms with Crippen molar-refractivity contribution in [2.75, 3.05) is 0 Å². The number of hydrogen-bond donors (Lipinski definition) is 2. The highest BCUT2D eigenvalue weighted by Crippen LogP contribution is 2.41. The summed E-state index contributed by atoms with van der Waals surface area (Å²) >= 11 is 0. The minimum absolute atomic E-state index is 0.276. The Morgan fingerprint density at radius 2 is 1.72 bits per heavy atom. The number of aromatic nitrogens is 2. The molecule has 0 fully saturated rings. The first-order valence-electron chi connectivity index (χ1n) is 8.03. The van der Waals surface area contributed by atoms with Crippen molar-refractivity contribution in [2.45, 2.75) is 11.7 Å². The van der Waals surface area contributed by atoms with Crippen molar-refractivity contribution in [2.24, 2.45) is 7.05 Å². The number of imidazole rings is 1. The van der Waals surface area contributed by atoms with Gasteiger partial charge in [-0.2, -0.15) is 0 Å². The van der Waals surface area contributed by atoms with Crippen LogP contribution in [0.3, 0.4) is 0 Å². The SMILES string of the molecule is Cn1c(C(O)(c2ccccc2)C(O)c2ccco2)nc2ccccc21. The molecule has 2 unspecified atom stereocenters. The molecule has 0 radical (unpaired) electrons. The summed E-state index contributed by atoms with van der Waals surface area (Å²) in [6.07, 6.45) is 0.166. The molecule has 2 aromatic heterocycles. The highest BCUT2D eigenvalue weighted by atomic mass is 16.4. The lowest BCUT2D eigenvalue weighted by Crippen LogP contribution is -2.37. The van der Waals surface area contributed by atoms with Crippen LogP contribution in [0.15, 0.2) is 77.4 Å². The zero-order valence-electron chi connectivity index (χ0n) is 13.7. The van der Waals surface area contributed by atoms with E-state index in [4.69, 9.17) is 4.42 Å². The molecule has 0 saturated carbocycles. The van der Waals surface area contributed by atoms with Crippen LogP contribution in [0.2, 0.25) is 0 Å². The minimum atomic E-state index is -1.76. The van der Waals surface area contributed by atoms with E-state index in [1.165, 1.54) is 6.26 Å². The summed E-state index contributed by atoms with van der Waals surface area (Å²) in [6, 6.07) is 20.0. The van der Waals surface area contributed by atoms with Gasteiger partial charge in [0.1, 0.15) is 11.6 Å². The number of aliphatic hydroxyl groups is 2. The third kappa shape index (κ3) is 2.36. The zero-order chi connectivity index (χ0) is 17.4. The monoisotopic (exact) mass is 334 g/mol. The van der Waals surface area contributed by atoms with E-state index in [0.717, 1.165) is 11.0 Å². The number of aryl methyl sites for hydroxylation is 1. The molecule has 4 aromatic rings. The van der Waals surface area contributed by atoms with Gasteiger partial charge in [-0.1, -0.05) is 42.5 Å². The first-order chi connectivity index (χ1) is 12.1. The molecule has 2 N–H and O–H groups in total. The van der Waals surface area contributed by atoms with Gasteiger partial charge >= 0.3 is 0 Å². The van der Waals surface area contributed by atoms with Crippen LogP contribution in [0, 0.1) is 0 Å². The Morgan fingerprint density at radius 1 is 1.00 bits per heavy atom. The van der Waals surface area contributed by atoms with Gasteiger partial charge in [-0.15, -0.1) is 0 Å². The van der Waals surface area contributed by atoms with Gasteiger partial charge < -0.3 is 19.2 Å². The average molecular weight is 334 g/mol. The maximum atomic E-state index is 11.7. The predicted octanol–water partition coefficient (Wildman–Crippen LogP) is 3.14. The molecular formula is C20H18N2O3. The standard InChI is InChI=1S/C20H18N2O3/c1-22-16-11-6-5-10-15(16)21-19(22)20(24,14-8-3-2-4-9-14)18(23)17-12-7-13-25-17/h2-13,18,23-24H,1H3. The molecule has 2 heterocycles. The fourth-order valence-electron chi connectivity index (χ4n) is 3.24. The topological polar surface area (TPSA) is 71.4 Å². The van der Waals surface area contributed by atoms with E-state index in [1.54, 1.807) is 28.8 Å². The predicted molar refractivity (Wildman–Crippen MR) is 93.8 cm³/mol. The van der Waals surface area contributed by atoms with Gasteiger partial charge in [0.25, 0.3) is 0 Å². The normalized spacial score (nSPS) is 15.2. The molecule has 0 bridgehead atoms. The molecule has 5 heteroatoms. The third-order valence-electron chi connectivity index (χ3n) is 4.55. The summed E-state index contributed by atoms with van der Waals surface area (Å²) in [5, 5.41) is 22.7. The Labute approximate surface area is 144 Å². The molecule has 0 spiro atoms. The van der Waals surface area contributed by atoms with Crippen LogP contribution < -0.4 is 0 Å². The van der Waals surface area contributed by atoms with Gasteiger partial charge in [0.15, 0.2) is 11.7 Å². The Hall–Kier alpha value is -2.89. The van der Waals surface area contributed by atoms with E-state index in [-0.39, 0.29) is 5.76 Å². The number of nitrogens with zero attached hydrogens (tertiary/aromatic N) is 2. The number of aliphatic hydroxyl groups excluding tert-OH is 1. The van der Waals surface area contributed by atoms with E-state index in [1.807, 2.05) is 49.5 Å². The van der Waals surface area contributed by atoms with Crippen LogP contribution in [-0.2, 0) is 12.6 Å². The third-order valence-corrected chi connectivity index (χ3v) is 4.55. The van der Waals surface area contributed by atoms with Crippen LogP contribution in [0.5, 0.6) is 0 Å². The smallest absolute Gasteiger partial charge is 0.180 e. The molecule has 2 atom stereocenters. The van der Waals surface area contributed by atoms with Gasteiger partial charge in [-0.3, -0.25) is 0 Å². The van der Waals surface area contributed by atoms with Crippen molar-refractivity contribution in [1.82, 2.24) is 9.55 Å². The second kappa shape index (κ2) is 5.88. The Morgan fingerprint density at radius 3 is 2.40 bits per heavy atom. The maximum absolute atomic E-state index is 11.7. The summed E-state index contributed by atoms with van der Waals surface area (Å²) in [6.45, 7) is 0. The highest BCUT2D eigenvalue weighted by molar-refractivity contribution is 5.76. The Kier molecular flexibility index (Phi) is 3.67. The number of rotatable bonds is 4. The number of benzene rings is 2. The van der Waals surface area contributed by atoms with E-state index in [9.17, 15) is 10.2 Å². The quantitative estimate of drug-likeness (QED) is 0.601. The molecule has 0 aliphatic heterocycles. The van der Waals surface area contributed by atoms with Crippen molar-refractivity contribution in [3.05, 3.63) is 90.1 Å². The lowest BCUT2D eigenvalue weighted by atomic mass is 9.86. The molecule has 0 aliphatic rings. The van der Waals surface area contributed by atoms with Crippen molar-refractivity contribution >= 4 is 11.0 Å². The summed E-state index contributed by atoms with van der Waals surface area (Å²) in [5.41, 5.74) is 0.407. The molecule has 2 aromatic carbocycles. The zero-order valence-corrected chi connectivity index (χ0v) is 13.7. The summed E-state index contributed by atoms with van der Waals surface area (Å²) in [7, 11) is 1.83. The molecule has 4 rings (SSSR count). The summed E-state index contributed by atoms with van der Waals surface area (Å²) < 4.78 is 7.15. The van der Waals surface area contributed by atoms with Crippen molar-refractivity contribution in [3.63, 3.8) is 0 Å². The second-order valence-electron chi connectivity index (χ2n) is 6.03. The van der Waals surface area contributed by atoms with Gasteiger partial charge in [-0.25, -0.2) is 4.98 Å². The van der Waals surface area contributed by atoms with Gasteiger partial charge in [0.2, 0.25) is 0 Å². The first-order valence-corrected chi connectivity index (χ1v) is 8.03. The minimum Gasteiger partial charge on any atom is -0.466 e. The van der Waals surface area contributed by atoms with Crippen molar-refractivity contribution < 1.29 is 14.6 Å². The summed E-state index contributed by atoms with van der Waals surface area (Å²) in [4.78, 5) is 4.60. The van der Waals surface area contributed by atoms with Gasteiger partial charge in [0, 0.05) is 7.05 Å². The lowest BCUT2D eigenvalue weighted by molar-refractivity contribution is -0.0685. The van der Waals surface area contributed by atoms with Crippen molar-refractivity contribution in [3.8, 4) is 0 Å². The van der Waals surface area contributed by atoms with Crippen LogP contribution >= 0.6 is 0 Å². The van der Waals surface area contributed by atoms with E-state index >= 15 is 0 Å². The molecule has 25 heavy (non-hydrogen) atoms. The second-order valence-corrected chi connectivity index (χ2v) is 6.03. The van der Waals surface area contributed by atoms with Crippen LogP contribution in [0.1, 0.15) is 23.3 Å². The fourth-order valence-corrected chi connectivity index (χ4v) is 3.24. The summed E-state index contributed by atoms with van der Waals surface area (Å²) in [5.74, 6) is 0.627. The molecule has 126 valence electrons. The number of furan rings is 1. The van der Waals surface area contributed by atoms with E-state index in [0.29, 0.717) is 11.4 Å². The maximum Gasteiger partial charge on any atom is 0.180 e. The fraction of sp³-hybridized carbons (Fsp3) is 0.150. The molecule has 0 aliphatic carbocycles. The lowest BCUT2D eigenvalue weighted by Gasteiger charge is -2.32. The first kappa shape index (κ1) is 15.6. The Balaban J connectivity index is 1.98. The molecule has 0 amide bonds.